The Kier molecular flexibility index (Phi) is 3.93. The molecule has 1 saturated carbocycles. The van der Waals surface area contributed by atoms with Gasteiger partial charge >= 0.3 is 0 Å². The highest BCUT2D eigenvalue weighted by Gasteiger charge is 2.20. The lowest BCUT2D eigenvalue weighted by atomic mass is 9.80. The van der Waals surface area contributed by atoms with Gasteiger partial charge < -0.3 is 9.73 Å². The minimum Gasteiger partial charge on any atom is -0.424 e. The van der Waals surface area contributed by atoms with E-state index in [9.17, 15) is 0 Å². The zero-order valence-corrected chi connectivity index (χ0v) is 10.2. The highest BCUT2D eigenvalue weighted by molar-refractivity contribution is 4.79. The fourth-order valence-electron chi connectivity index (χ4n) is 2.47. The lowest BCUT2D eigenvalue weighted by Gasteiger charge is -2.28. The standard InChI is InChI=1S/C12H21N3O/c1-9-5-3-4-6-11(9)7-13-8-12-15-14-10(2)16-12/h9,11,13H,3-8H2,1-2H3. The molecule has 1 aliphatic rings. The van der Waals surface area contributed by atoms with Crippen LogP contribution in [-0.4, -0.2) is 16.7 Å². The van der Waals surface area contributed by atoms with Crippen molar-refractivity contribution in [2.75, 3.05) is 6.54 Å². The molecule has 1 aromatic heterocycles. The van der Waals surface area contributed by atoms with E-state index >= 15 is 0 Å². The molecule has 0 spiro atoms. The third-order valence-corrected chi connectivity index (χ3v) is 3.54. The lowest BCUT2D eigenvalue weighted by molar-refractivity contribution is 0.245. The Hall–Kier alpha value is -0.900. The van der Waals surface area contributed by atoms with Gasteiger partial charge in [-0.2, -0.15) is 0 Å². The Morgan fingerprint density at radius 2 is 2.12 bits per heavy atom. The maximum absolute atomic E-state index is 5.32. The van der Waals surface area contributed by atoms with E-state index in [1.165, 1.54) is 25.7 Å². The Bertz CT molecular complexity index is 324. The van der Waals surface area contributed by atoms with Crippen LogP contribution in [0, 0.1) is 18.8 Å². The van der Waals surface area contributed by atoms with Gasteiger partial charge in [0.25, 0.3) is 0 Å². The van der Waals surface area contributed by atoms with Crippen molar-refractivity contribution < 1.29 is 4.42 Å². The molecule has 0 bridgehead atoms. The third kappa shape index (κ3) is 3.04. The summed E-state index contributed by atoms with van der Waals surface area (Å²) in [5.41, 5.74) is 0. The van der Waals surface area contributed by atoms with Gasteiger partial charge in [-0.05, 0) is 24.8 Å². The number of aryl methyl sites for hydroxylation is 1. The van der Waals surface area contributed by atoms with Gasteiger partial charge in [-0.15, -0.1) is 10.2 Å². The van der Waals surface area contributed by atoms with E-state index in [4.69, 9.17) is 4.42 Å². The maximum atomic E-state index is 5.32. The molecule has 1 fully saturated rings. The van der Waals surface area contributed by atoms with Crippen LogP contribution >= 0.6 is 0 Å². The molecule has 90 valence electrons. The Morgan fingerprint density at radius 1 is 1.31 bits per heavy atom. The van der Waals surface area contributed by atoms with Gasteiger partial charge in [0.15, 0.2) is 0 Å². The Morgan fingerprint density at radius 3 is 2.81 bits per heavy atom. The molecule has 0 aliphatic heterocycles. The van der Waals surface area contributed by atoms with Crippen molar-refractivity contribution in [1.82, 2.24) is 15.5 Å². The summed E-state index contributed by atoms with van der Waals surface area (Å²) in [7, 11) is 0. The predicted octanol–water partition coefficient (Wildman–Crippen LogP) is 2.29. The normalized spacial score (nSPS) is 25.9. The monoisotopic (exact) mass is 223 g/mol. The van der Waals surface area contributed by atoms with Crippen molar-refractivity contribution >= 4 is 0 Å². The van der Waals surface area contributed by atoms with E-state index in [0.29, 0.717) is 18.3 Å². The number of nitrogens with zero attached hydrogens (tertiary/aromatic N) is 2. The van der Waals surface area contributed by atoms with Gasteiger partial charge in [0.2, 0.25) is 11.8 Å². The first-order chi connectivity index (χ1) is 7.75. The number of hydrogen-bond donors (Lipinski definition) is 1. The molecule has 2 unspecified atom stereocenters. The minimum atomic E-state index is 0.642. The first-order valence-corrected chi connectivity index (χ1v) is 6.25. The second-order valence-corrected chi connectivity index (χ2v) is 4.87. The fraction of sp³-hybridized carbons (Fsp3) is 0.833. The molecule has 4 nitrogen and oxygen atoms in total. The highest BCUT2D eigenvalue weighted by atomic mass is 16.4. The Labute approximate surface area is 96.8 Å². The smallest absolute Gasteiger partial charge is 0.230 e. The zero-order valence-electron chi connectivity index (χ0n) is 10.2. The molecule has 1 aliphatic carbocycles. The van der Waals surface area contributed by atoms with Crippen LogP contribution in [-0.2, 0) is 6.54 Å². The minimum absolute atomic E-state index is 0.642. The molecule has 1 heterocycles. The van der Waals surface area contributed by atoms with Gasteiger partial charge in [-0.3, -0.25) is 0 Å². The van der Waals surface area contributed by atoms with Crippen LogP contribution in [0.1, 0.15) is 44.4 Å². The molecule has 0 saturated heterocycles. The van der Waals surface area contributed by atoms with Crippen molar-refractivity contribution in [2.45, 2.75) is 46.1 Å². The molecule has 2 rings (SSSR count). The van der Waals surface area contributed by atoms with E-state index < -0.39 is 0 Å². The van der Waals surface area contributed by atoms with Crippen LogP contribution < -0.4 is 5.32 Å². The number of aromatic nitrogens is 2. The fourth-order valence-corrected chi connectivity index (χ4v) is 2.47. The average molecular weight is 223 g/mol. The zero-order chi connectivity index (χ0) is 11.4. The quantitative estimate of drug-likeness (QED) is 0.851. The van der Waals surface area contributed by atoms with Crippen molar-refractivity contribution in [2.24, 2.45) is 11.8 Å². The molecule has 1 N–H and O–H groups in total. The van der Waals surface area contributed by atoms with Crippen LogP contribution in [0.25, 0.3) is 0 Å². The summed E-state index contributed by atoms with van der Waals surface area (Å²) >= 11 is 0. The van der Waals surface area contributed by atoms with Crippen molar-refractivity contribution in [3.05, 3.63) is 11.8 Å². The van der Waals surface area contributed by atoms with E-state index in [1.54, 1.807) is 0 Å². The second kappa shape index (κ2) is 5.43. The van der Waals surface area contributed by atoms with Crippen LogP contribution in [0.15, 0.2) is 4.42 Å². The molecule has 0 aromatic carbocycles. The van der Waals surface area contributed by atoms with Crippen molar-refractivity contribution in [3.8, 4) is 0 Å². The predicted molar refractivity (Wildman–Crippen MR) is 61.9 cm³/mol. The van der Waals surface area contributed by atoms with Crippen molar-refractivity contribution in [3.63, 3.8) is 0 Å². The lowest BCUT2D eigenvalue weighted by Crippen LogP contribution is -2.29. The summed E-state index contributed by atoms with van der Waals surface area (Å²) < 4.78 is 5.32. The van der Waals surface area contributed by atoms with Gasteiger partial charge in [0.1, 0.15) is 0 Å². The van der Waals surface area contributed by atoms with Crippen LogP contribution in [0.5, 0.6) is 0 Å². The first-order valence-electron chi connectivity index (χ1n) is 6.25. The maximum Gasteiger partial charge on any atom is 0.230 e. The molecular weight excluding hydrogens is 202 g/mol. The second-order valence-electron chi connectivity index (χ2n) is 4.87. The van der Waals surface area contributed by atoms with Gasteiger partial charge in [0, 0.05) is 6.92 Å². The Balaban J connectivity index is 1.71. The average Bonchev–Trinajstić information content (AvgIpc) is 2.67. The molecule has 0 amide bonds. The van der Waals surface area contributed by atoms with Gasteiger partial charge in [-0.25, -0.2) is 0 Å². The summed E-state index contributed by atoms with van der Waals surface area (Å²) in [4.78, 5) is 0. The largest absolute Gasteiger partial charge is 0.424 e. The van der Waals surface area contributed by atoms with E-state index in [1.807, 2.05) is 6.92 Å². The third-order valence-electron chi connectivity index (χ3n) is 3.54. The summed E-state index contributed by atoms with van der Waals surface area (Å²) in [5, 5.41) is 11.2. The van der Waals surface area contributed by atoms with Crippen LogP contribution in [0.3, 0.4) is 0 Å². The first kappa shape index (κ1) is 11.6. The van der Waals surface area contributed by atoms with Crippen LogP contribution in [0.4, 0.5) is 0 Å². The highest BCUT2D eigenvalue weighted by Crippen LogP contribution is 2.28. The number of rotatable bonds is 4. The molecule has 0 radical (unpaired) electrons. The number of hydrogen-bond acceptors (Lipinski definition) is 4. The van der Waals surface area contributed by atoms with Crippen LogP contribution in [0.2, 0.25) is 0 Å². The molecule has 2 atom stereocenters. The van der Waals surface area contributed by atoms with E-state index in [0.717, 1.165) is 18.4 Å². The number of nitrogens with one attached hydrogen (secondary N) is 1. The van der Waals surface area contributed by atoms with E-state index in [-0.39, 0.29) is 0 Å². The summed E-state index contributed by atoms with van der Waals surface area (Å²) in [6.07, 6.45) is 5.53. The summed E-state index contributed by atoms with van der Waals surface area (Å²) in [6.45, 7) is 5.95. The summed E-state index contributed by atoms with van der Waals surface area (Å²) in [6, 6.07) is 0. The molecule has 16 heavy (non-hydrogen) atoms. The molecule has 1 aromatic rings. The topological polar surface area (TPSA) is 51.0 Å². The van der Waals surface area contributed by atoms with Crippen molar-refractivity contribution in [1.29, 1.82) is 0 Å². The van der Waals surface area contributed by atoms with Gasteiger partial charge in [-0.1, -0.05) is 26.2 Å². The SMILES string of the molecule is Cc1nnc(CNCC2CCCCC2C)o1. The molecular formula is C12H21N3O. The van der Waals surface area contributed by atoms with E-state index in [2.05, 4.69) is 22.4 Å². The molecule has 4 heteroatoms. The summed E-state index contributed by atoms with van der Waals surface area (Å²) in [5.74, 6) is 3.01. The van der Waals surface area contributed by atoms with Gasteiger partial charge in [0.05, 0.1) is 6.54 Å².